The molecule has 0 aliphatic rings. The zero-order valence-electron chi connectivity index (χ0n) is 11.7. The van der Waals surface area contributed by atoms with Crippen LogP contribution in [0, 0.1) is 11.3 Å². The van der Waals surface area contributed by atoms with Gasteiger partial charge in [0.15, 0.2) is 5.69 Å². The Labute approximate surface area is 121 Å². The third kappa shape index (κ3) is 3.96. The summed E-state index contributed by atoms with van der Waals surface area (Å²) < 4.78 is 7.33. The number of rotatable bonds is 2. The molecular formula is C12H17BrN4O2. The summed E-state index contributed by atoms with van der Waals surface area (Å²) in [7, 11) is 3.31. The number of ether oxygens (including phenoxy) is 1. The van der Waals surface area contributed by atoms with Crippen LogP contribution in [0.1, 0.15) is 32.2 Å². The molecule has 1 aromatic rings. The minimum absolute atomic E-state index is 0.269. The topological polar surface area (TPSA) is 71.2 Å². The van der Waals surface area contributed by atoms with Crippen molar-refractivity contribution in [3.63, 3.8) is 0 Å². The van der Waals surface area contributed by atoms with E-state index in [2.05, 4.69) is 21.0 Å². The van der Waals surface area contributed by atoms with E-state index in [1.807, 2.05) is 26.8 Å². The Morgan fingerprint density at radius 3 is 2.58 bits per heavy atom. The van der Waals surface area contributed by atoms with Crippen LogP contribution >= 0.6 is 15.9 Å². The van der Waals surface area contributed by atoms with Gasteiger partial charge in [0.2, 0.25) is 0 Å². The number of nitriles is 1. The average molecular weight is 329 g/mol. The van der Waals surface area contributed by atoms with Gasteiger partial charge in [0.1, 0.15) is 11.7 Å². The lowest BCUT2D eigenvalue weighted by atomic mass is 10.2. The van der Waals surface area contributed by atoms with Crippen LogP contribution in [-0.4, -0.2) is 33.4 Å². The summed E-state index contributed by atoms with van der Waals surface area (Å²) in [5.74, 6) is 0. The molecule has 0 fully saturated rings. The molecule has 0 radical (unpaired) electrons. The fraction of sp³-hybridized carbons (Fsp3) is 0.583. The molecule has 0 aliphatic carbocycles. The zero-order valence-corrected chi connectivity index (χ0v) is 13.3. The highest BCUT2D eigenvalue weighted by Gasteiger charge is 2.22. The molecule has 0 spiro atoms. The lowest BCUT2D eigenvalue weighted by Crippen LogP contribution is -2.34. The van der Waals surface area contributed by atoms with Crippen molar-refractivity contribution in [1.29, 1.82) is 5.26 Å². The maximum atomic E-state index is 11.8. The van der Waals surface area contributed by atoms with Crippen LogP contribution in [0.3, 0.4) is 0 Å². The smallest absolute Gasteiger partial charge is 0.410 e. The number of carbonyl (C=O) groups excluding carboxylic acids is 1. The molecule has 1 aromatic heterocycles. The zero-order chi connectivity index (χ0) is 14.8. The van der Waals surface area contributed by atoms with Crippen molar-refractivity contribution in [1.82, 2.24) is 14.7 Å². The normalized spacial score (nSPS) is 11.0. The number of amides is 1. The number of hydrogen-bond acceptors (Lipinski definition) is 4. The largest absolute Gasteiger partial charge is 0.444 e. The molecule has 0 bridgehead atoms. The Kier molecular flexibility index (Phi) is 4.58. The third-order valence-corrected chi connectivity index (χ3v) is 3.09. The van der Waals surface area contributed by atoms with Crippen LogP contribution in [0.2, 0.25) is 0 Å². The number of aryl methyl sites for hydroxylation is 1. The summed E-state index contributed by atoms with van der Waals surface area (Å²) in [6.45, 7) is 5.70. The Bertz CT molecular complexity index is 525. The summed E-state index contributed by atoms with van der Waals surface area (Å²) in [6.07, 6.45) is -0.427. The fourth-order valence-corrected chi connectivity index (χ4v) is 1.96. The van der Waals surface area contributed by atoms with Crippen LogP contribution < -0.4 is 0 Å². The number of carbonyl (C=O) groups is 1. The van der Waals surface area contributed by atoms with E-state index >= 15 is 0 Å². The first kappa shape index (κ1) is 15.5. The second kappa shape index (κ2) is 5.61. The standard InChI is InChI=1S/C12H17BrN4O2/c1-12(2,3)19-11(18)16(4)7-8-10(13)9(6-14)17(5)15-8/h7H2,1-5H3. The highest BCUT2D eigenvalue weighted by molar-refractivity contribution is 9.10. The first-order chi connectivity index (χ1) is 8.65. The van der Waals surface area contributed by atoms with Gasteiger partial charge >= 0.3 is 6.09 Å². The minimum atomic E-state index is -0.537. The van der Waals surface area contributed by atoms with Crippen LogP contribution in [0.5, 0.6) is 0 Å². The van der Waals surface area contributed by atoms with Crippen molar-refractivity contribution < 1.29 is 9.53 Å². The first-order valence-corrected chi connectivity index (χ1v) is 6.50. The molecule has 0 unspecified atom stereocenters. The number of nitrogens with zero attached hydrogens (tertiary/aromatic N) is 4. The van der Waals surface area contributed by atoms with Crippen molar-refractivity contribution in [3.8, 4) is 6.07 Å². The van der Waals surface area contributed by atoms with Gasteiger partial charge in [0.05, 0.1) is 16.7 Å². The molecule has 6 nitrogen and oxygen atoms in total. The second-order valence-corrected chi connectivity index (χ2v) is 5.97. The number of halogens is 1. The molecule has 0 N–H and O–H groups in total. The molecule has 0 saturated heterocycles. The SMILES string of the molecule is CN(Cc1nn(C)c(C#N)c1Br)C(=O)OC(C)(C)C. The van der Waals surface area contributed by atoms with Gasteiger partial charge < -0.3 is 9.64 Å². The summed E-state index contributed by atoms with van der Waals surface area (Å²) in [5.41, 5.74) is 0.504. The maximum Gasteiger partial charge on any atom is 0.410 e. The van der Waals surface area contributed by atoms with E-state index < -0.39 is 11.7 Å². The summed E-state index contributed by atoms with van der Waals surface area (Å²) in [5, 5.41) is 13.2. The molecular weight excluding hydrogens is 312 g/mol. The highest BCUT2D eigenvalue weighted by Crippen LogP contribution is 2.21. The van der Waals surface area contributed by atoms with Gasteiger partial charge in [-0.15, -0.1) is 0 Å². The van der Waals surface area contributed by atoms with Crippen molar-refractivity contribution in [2.24, 2.45) is 7.05 Å². The predicted molar refractivity (Wildman–Crippen MR) is 73.3 cm³/mol. The summed E-state index contributed by atoms with van der Waals surface area (Å²) in [4.78, 5) is 13.2. The molecule has 1 heterocycles. The molecule has 19 heavy (non-hydrogen) atoms. The minimum Gasteiger partial charge on any atom is -0.444 e. The Balaban J connectivity index is 2.81. The third-order valence-electron chi connectivity index (χ3n) is 2.25. The Morgan fingerprint density at radius 2 is 2.16 bits per heavy atom. The fourth-order valence-electron chi connectivity index (χ4n) is 1.41. The van der Waals surface area contributed by atoms with Crippen molar-refractivity contribution in [2.45, 2.75) is 32.9 Å². The average Bonchev–Trinajstić information content (AvgIpc) is 2.51. The van der Waals surface area contributed by atoms with Crippen LogP contribution in [0.25, 0.3) is 0 Å². The van der Waals surface area contributed by atoms with Crippen molar-refractivity contribution in [3.05, 3.63) is 15.9 Å². The monoisotopic (exact) mass is 328 g/mol. The van der Waals surface area contributed by atoms with Crippen LogP contribution in [0.15, 0.2) is 4.47 Å². The van der Waals surface area contributed by atoms with Gasteiger partial charge in [0, 0.05) is 14.1 Å². The van der Waals surface area contributed by atoms with E-state index in [9.17, 15) is 4.79 Å². The first-order valence-electron chi connectivity index (χ1n) is 5.71. The molecule has 7 heteroatoms. The Hall–Kier alpha value is -1.55. The molecule has 1 amide bonds. The van der Waals surface area contributed by atoms with Crippen molar-refractivity contribution in [2.75, 3.05) is 7.05 Å². The van der Waals surface area contributed by atoms with Crippen molar-refractivity contribution >= 4 is 22.0 Å². The lowest BCUT2D eigenvalue weighted by Gasteiger charge is -2.24. The Morgan fingerprint density at radius 1 is 1.58 bits per heavy atom. The van der Waals surface area contributed by atoms with Gasteiger partial charge in [-0.25, -0.2) is 4.79 Å². The molecule has 0 aliphatic heterocycles. The number of aromatic nitrogens is 2. The van der Waals surface area contributed by atoms with E-state index in [0.29, 0.717) is 15.9 Å². The number of hydrogen-bond donors (Lipinski definition) is 0. The quantitative estimate of drug-likeness (QED) is 0.835. The van der Waals surface area contributed by atoms with E-state index in [1.54, 1.807) is 14.1 Å². The predicted octanol–water partition coefficient (Wildman–Crippen LogP) is 2.42. The highest BCUT2D eigenvalue weighted by atomic mass is 79.9. The lowest BCUT2D eigenvalue weighted by molar-refractivity contribution is 0.0282. The maximum absolute atomic E-state index is 11.8. The summed E-state index contributed by atoms with van der Waals surface area (Å²) >= 11 is 3.32. The summed E-state index contributed by atoms with van der Waals surface area (Å²) in [6, 6.07) is 2.04. The molecule has 104 valence electrons. The van der Waals surface area contributed by atoms with Gasteiger partial charge in [-0.3, -0.25) is 4.68 Å². The van der Waals surface area contributed by atoms with E-state index in [0.717, 1.165) is 0 Å². The van der Waals surface area contributed by atoms with Crippen LogP contribution in [-0.2, 0) is 18.3 Å². The van der Waals surface area contributed by atoms with Gasteiger partial charge in [-0.2, -0.15) is 10.4 Å². The molecule has 0 aromatic carbocycles. The van der Waals surface area contributed by atoms with E-state index in [-0.39, 0.29) is 6.54 Å². The van der Waals surface area contributed by atoms with Gasteiger partial charge in [-0.05, 0) is 36.7 Å². The molecule has 0 atom stereocenters. The van der Waals surface area contributed by atoms with Gasteiger partial charge in [-0.1, -0.05) is 0 Å². The van der Waals surface area contributed by atoms with E-state index in [4.69, 9.17) is 10.00 Å². The van der Waals surface area contributed by atoms with Gasteiger partial charge in [0.25, 0.3) is 0 Å². The second-order valence-electron chi connectivity index (χ2n) is 5.18. The molecule has 1 rings (SSSR count). The van der Waals surface area contributed by atoms with E-state index in [1.165, 1.54) is 9.58 Å². The molecule has 0 saturated carbocycles. The van der Waals surface area contributed by atoms with Crippen LogP contribution in [0.4, 0.5) is 4.79 Å².